The first-order valence-electron chi connectivity index (χ1n) is 7.80. The Balaban J connectivity index is 1.91. The minimum atomic E-state index is -0.379. The lowest BCUT2D eigenvalue weighted by molar-refractivity contribution is 0.118. The quantitative estimate of drug-likeness (QED) is 0.831. The van der Waals surface area contributed by atoms with Gasteiger partial charge >= 0.3 is 0 Å². The molecule has 0 aliphatic heterocycles. The van der Waals surface area contributed by atoms with Crippen LogP contribution in [0.25, 0.3) is 0 Å². The number of aliphatic hydroxyl groups is 1. The maximum atomic E-state index is 10.3. The van der Waals surface area contributed by atoms with Gasteiger partial charge in [0.2, 0.25) is 0 Å². The average molecular weight is 293 g/mol. The van der Waals surface area contributed by atoms with Crippen molar-refractivity contribution < 1.29 is 5.11 Å². The van der Waals surface area contributed by atoms with Gasteiger partial charge in [-0.25, -0.2) is 0 Å². The van der Waals surface area contributed by atoms with Crippen LogP contribution >= 0.6 is 11.8 Å². The number of thioether (sulfide) groups is 1. The molecule has 0 radical (unpaired) electrons. The highest BCUT2D eigenvalue weighted by atomic mass is 32.2. The van der Waals surface area contributed by atoms with Crippen LogP contribution in [0.2, 0.25) is 0 Å². The summed E-state index contributed by atoms with van der Waals surface area (Å²) in [6.45, 7) is 2.91. The predicted molar refractivity (Wildman–Crippen MR) is 87.2 cm³/mol. The van der Waals surface area contributed by atoms with Crippen LogP contribution in [0.4, 0.5) is 0 Å². The highest BCUT2D eigenvalue weighted by molar-refractivity contribution is 8.00. The van der Waals surface area contributed by atoms with Crippen molar-refractivity contribution in [2.75, 3.05) is 13.6 Å². The monoisotopic (exact) mass is 293 g/mol. The van der Waals surface area contributed by atoms with Crippen molar-refractivity contribution in [2.45, 2.75) is 55.3 Å². The van der Waals surface area contributed by atoms with Gasteiger partial charge in [-0.15, -0.1) is 11.8 Å². The smallest absolute Gasteiger partial charge is 0.0827 e. The first-order valence-corrected chi connectivity index (χ1v) is 8.68. The van der Waals surface area contributed by atoms with E-state index in [1.807, 2.05) is 18.8 Å². The number of benzene rings is 1. The van der Waals surface area contributed by atoms with Gasteiger partial charge in [-0.2, -0.15) is 0 Å². The standard InChI is InChI=1S/C17H27NOS/c1-13(12-18-2)17(19)14-8-10-16(11-9-14)20-15-6-4-3-5-7-15/h8-11,13,15,17-19H,3-7,12H2,1-2H3. The lowest BCUT2D eigenvalue weighted by atomic mass is 9.97. The van der Waals surface area contributed by atoms with Crippen LogP contribution in [-0.4, -0.2) is 23.9 Å². The van der Waals surface area contributed by atoms with Gasteiger partial charge in [-0.1, -0.05) is 38.3 Å². The van der Waals surface area contributed by atoms with Crippen LogP contribution in [0.3, 0.4) is 0 Å². The van der Waals surface area contributed by atoms with Crippen molar-refractivity contribution in [3.05, 3.63) is 29.8 Å². The summed E-state index contributed by atoms with van der Waals surface area (Å²) in [5, 5.41) is 14.2. The van der Waals surface area contributed by atoms with Crippen LogP contribution in [0.15, 0.2) is 29.2 Å². The second-order valence-electron chi connectivity index (χ2n) is 5.93. The molecule has 1 aromatic carbocycles. The van der Waals surface area contributed by atoms with Gasteiger partial charge in [0, 0.05) is 16.7 Å². The molecule has 0 heterocycles. The Morgan fingerprint density at radius 1 is 1.20 bits per heavy atom. The largest absolute Gasteiger partial charge is 0.388 e. The van der Waals surface area contributed by atoms with Crippen molar-refractivity contribution in [2.24, 2.45) is 5.92 Å². The van der Waals surface area contributed by atoms with E-state index in [1.54, 1.807) is 0 Å². The summed E-state index contributed by atoms with van der Waals surface area (Å²) in [6.07, 6.45) is 6.51. The second-order valence-corrected chi connectivity index (χ2v) is 7.30. The molecule has 20 heavy (non-hydrogen) atoms. The molecule has 2 N–H and O–H groups in total. The van der Waals surface area contributed by atoms with Gasteiger partial charge in [0.25, 0.3) is 0 Å². The van der Waals surface area contributed by atoms with Crippen LogP contribution < -0.4 is 5.32 Å². The average Bonchev–Trinajstić information content (AvgIpc) is 2.48. The molecule has 0 bridgehead atoms. The summed E-state index contributed by atoms with van der Waals surface area (Å²) >= 11 is 2.01. The molecule has 1 aliphatic rings. The molecule has 1 saturated carbocycles. The SMILES string of the molecule is CNCC(C)C(O)c1ccc(SC2CCCCC2)cc1. The van der Waals surface area contributed by atoms with E-state index < -0.39 is 0 Å². The van der Waals surface area contributed by atoms with Crippen LogP contribution in [0, 0.1) is 5.92 Å². The van der Waals surface area contributed by atoms with Gasteiger partial charge in [-0.3, -0.25) is 0 Å². The molecule has 2 atom stereocenters. The van der Waals surface area contributed by atoms with Crippen molar-refractivity contribution in [1.82, 2.24) is 5.32 Å². The number of hydrogen-bond donors (Lipinski definition) is 2. The fourth-order valence-electron chi connectivity index (χ4n) is 2.88. The van der Waals surface area contributed by atoms with Gasteiger partial charge < -0.3 is 10.4 Å². The molecule has 0 spiro atoms. The zero-order chi connectivity index (χ0) is 14.4. The van der Waals surface area contributed by atoms with Crippen LogP contribution in [0.1, 0.15) is 50.7 Å². The Hall–Kier alpha value is -0.510. The Kier molecular flexibility index (Phi) is 6.40. The number of hydrogen-bond acceptors (Lipinski definition) is 3. The lowest BCUT2D eigenvalue weighted by Crippen LogP contribution is -2.22. The highest BCUT2D eigenvalue weighted by Gasteiger charge is 2.17. The molecule has 2 nitrogen and oxygen atoms in total. The van der Waals surface area contributed by atoms with Crippen molar-refractivity contribution >= 4 is 11.8 Å². The molecule has 1 aliphatic carbocycles. The minimum absolute atomic E-state index is 0.233. The van der Waals surface area contributed by atoms with Gasteiger partial charge in [0.15, 0.2) is 0 Å². The van der Waals surface area contributed by atoms with Crippen molar-refractivity contribution in [3.63, 3.8) is 0 Å². The topological polar surface area (TPSA) is 32.3 Å². The first kappa shape index (κ1) is 15.9. The van der Waals surface area contributed by atoms with E-state index >= 15 is 0 Å². The van der Waals surface area contributed by atoms with E-state index in [1.165, 1.54) is 37.0 Å². The third-order valence-electron chi connectivity index (χ3n) is 4.14. The number of rotatable bonds is 6. The molecule has 0 amide bonds. The Labute approximate surface area is 127 Å². The highest BCUT2D eigenvalue weighted by Crippen LogP contribution is 2.34. The normalized spacial score (nSPS) is 19.8. The molecule has 2 unspecified atom stereocenters. The first-order chi connectivity index (χ1) is 9.70. The fraction of sp³-hybridized carbons (Fsp3) is 0.647. The second kappa shape index (κ2) is 8.06. The van der Waals surface area contributed by atoms with Crippen molar-refractivity contribution in [1.29, 1.82) is 0 Å². The summed E-state index contributed by atoms with van der Waals surface area (Å²) < 4.78 is 0. The minimum Gasteiger partial charge on any atom is -0.388 e. The molecule has 1 aromatic rings. The fourth-order valence-corrected chi connectivity index (χ4v) is 4.13. The molecule has 3 heteroatoms. The summed E-state index contributed by atoms with van der Waals surface area (Å²) in [5.41, 5.74) is 1.03. The molecule has 2 rings (SSSR count). The lowest BCUT2D eigenvalue weighted by Gasteiger charge is -2.22. The predicted octanol–water partition coefficient (Wildman–Crippen LogP) is 4.00. The van der Waals surface area contributed by atoms with Crippen LogP contribution in [0.5, 0.6) is 0 Å². The number of aliphatic hydroxyl groups excluding tert-OH is 1. The van der Waals surface area contributed by atoms with Gasteiger partial charge in [0.05, 0.1) is 6.10 Å². The van der Waals surface area contributed by atoms with E-state index in [-0.39, 0.29) is 12.0 Å². The molecular weight excluding hydrogens is 266 g/mol. The van der Waals surface area contributed by atoms with E-state index in [2.05, 4.69) is 36.5 Å². The van der Waals surface area contributed by atoms with Gasteiger partial charge in [-0.05, 0) is 43.5 Å². The molecule has 1 fully saturated rings. The Bertz CT molecular complexity index is 386. The number of nitrogens with one attached hydrogen (secondary N) is 1. The molecule has 0 saturated heterocycles. The molecular formula is C17H27NOS. The zero-order valence-electron chi connectivity index (χ0n) is 12.6. The maximum Gasteiger partial charge on any atom is 0.0827 e. The molecule has 0 aromatic heterocycles. The maximum absolute atomic E-state index is 10.3. The van der Waals surface area contributed by atoms with E-state index in [0.29, 0.717) is 0 Å². The Morgan fingerprint density at radius 2 is 1.85 bits per heavy atom. The third-order valence-corrected chi connectivity index (χ3v) is 5.49. The Morgan fingerprint density at radius 3 is 2.45 bits per heavy atom. The van der Waals surface area contributed by atoms with Crippen molar-refractivity contribution in [3.8, 4) is 0 Å². The van der Waals surface area contributed by atoms with Gasteiger partial charge in [0.1, 0.15) is 0 Å². The van der Waals surface area contributed by atoms with Crippen LogP contribution in [-0.2, 0) is 0 Å². The third kappa shape index (κ3) is 4.51. The van der Waals surface area contributed by atoms with E-state index in [9.17, 15) is 5.11 Å². The molecule has 112 valence electrons. The van der Waals surface area contributed by atoms with E-state index in [0.717, 1.165) is 17.4 Å². The summed E-state index contributed by atoms with van der Waals surface area (Å²) in [6, 6.07) is 8.51. The summed E-state index contributed by atoms with van der Waals surface area (Å²) in [4.78, 5) is 1.34. The summed E-state index contributed by atoms with van der Waals surface area (Å²) in [7, 11) is 1.92. The summed E-state index contributed by atoms with van der Waals surface area (Å²) in [5.74, 6) is 0.233. The van der Waals surface area contributed by atoms with E-state index in [4.69, 9.17) is 0 Å². The zero-order valence-corrected chi connectivity index (χ0v) is 13.5.